The fourth-order valence-electron chi connectivity index (χ4n) is 2.22. The number of hydrogen-bond acceptors (Lipinski definition) is 6. The minimum atomic E-state index is -0.294. The van der Waals surface area contributed by atoms with Gasteiger partial charge in [0.1, 0.15) is 0 Å². The molecule has 8 heteroatoms. The van der Waals surface area contributed by atoms with Gasteiger partial charge in [0.05, 0.1) is 25.5 Å². The number of nitrogens with zero attached hydrogens (tertiary/aromatic N) is 3. The maximum absolute atomic E-state index is 12.0. The molecule has 1 fully saturated rings. The molecular weight excluding hydrogens is 276 g/mol. The Morgan fingerprint density at radius 3 is 3.05 bits per heavy atom. The first-order valence-corrected chi connectivity index (χ1v) is 7.00. The minimum Gasteiger partial charge on any atom is -0.384 e. The highest BCUT2D eigenvalue weighted by molar-refractivity contribution is 5.89. The van der Waals surface area contributed by atoms with Gasteiger partial charge < -0.3 is 19.5 Å². The predicted octanol–water partition coefficient (Wildman–Crippen LogP) is -0.257. The summed E-state index contributed by atoms with van der Waals surface area (Å²) in [5, 5.41) is 6.52. The summed E-state index contributed by atoms with van der Waals surface area (Å²) in [7, 11) is 1.60. The summed E-state index contributed by atoms with van der Waals surface area (Å²) in [5.41, 5.74) is 0. The first-order chi connectivity index (χ1) is 10.1. The van der Waals surface area contributed by atoms with Gasteiger partial charge in [0.15, 0.2) is 5.82 Å². The Morgan fingerprint density at radius 2 is 2.38 bits per heavy atom. The fourth-order valence-corrected chi connectivity index (χ4v) is 2.22. The molecule has 0 aliphatic carbocycles. The summed E-state index contributed by atoms with van der Waals surface area (Å²) >= 11 is 0. The zero-order chi connectivity index (χ0) is 15.2. The molecule has 21 heavy (non-hydrogen) atoms. The Balaban J connectivity index is 1.79. The average molecular weight is 296 g/mol. The highest BCUT2D eigenvalue weighted by Gasteiger charge is 2.33. The molecule has 1 aromatic rings. The van der Waals surface area contributed by atoms with E-state index in [0.29, 0.717) is 37.8 Å². The van der Waals surface area contributed by atoms with Crippen LogP contribution in [0, 0.1) is 5.92 Å². The molecule has 0 aromatic carbocycles. The largest absolute Gasteiger partial charge is 0.384 e. The first-order valence-electron chi connectivity index (χ1n) is 7.00. The number of hydrogen-bond donors (Lipinski definition) is 1. The summed E-state index contributed by atoms with van der Waals surface area (Å²) in [6.45, 7) is 3.72. The molecule has 0 spiro atoms. The fraction of sp³-hybridized carbons (Fsp3) is 0.692. The molecule has 2 amide bonds. The second-order valence-corrected chi connectivity index (χ2v) is 4.90. The molecule has 0 radical (unpaired) electrons. The van der Waals surface area contributed by atoms with E-state index in [9.17, 15) is 9.59 Å². The summed E-state index contributed by atoms with van der Waals surface area (Å²) in [6.07, 6.45) is 0.811. The van der Waals surface area contributed by atoms with Crippen molar-refractivity contribution in [2.45, 2.75) is 26.3 Å². The van der Waals surface area contributed by atoms with Crippen LogP contribution in [0.4, 0.5) is 0 Å². The first kappa shape index (κ1) is 15.4. The SMILES string of the molecule is CCN1C[C@H](C(=O)NCc2noc(CCOC)n2)CC1=O. The van der Waals surface area contributed by atoms with Crippen LogP contribution in [0.15, 0.2) is 4.52 Å². The second kappa shape index (κ2) is 7.16. The van der Waals surface area contributed by atoms with E-state index in [1.807, 2.05) is 6.92 Å². The molecule has 2 rings (SSSR count). The number of carbonyl (C=O) groups is 2. The van der Waals surface area contributed by atoms with Crippen molar-refractivity contribution in [3.63, 3.8) is 0 Å². The van der Waals surface area contributed by atoms with Gasteiger partial charge in [0.25, 0.3) is 0 Å². The third kappa shape index (κ3) is 4.01. The van der Waals surface area contributed by atoms with E-state index in [1.165, 1.54) is 0 Å². The van der Waals surface area contributed by atoms with Gasteiger partial charge in [-0.25, -0.2) is 0 Å². The van der Waals surface area contributed by atoms with Gasteiger partial charge >= 0.3 is 0 Å². The van der Waals surface area contributed by atoms with E-state index in [2.05, 4.69) is 15.5 Å². The van der Waals surface area contributed by atoms with Gasteiger partial charge in [-0.2, -0.15) is 4.98 Å². The Hall–Kier alpha value is -1.96. The van der Waals surface area contributed by atoms with Crippen LogP contribution in [0.3, 0.4) is 0 Å². The summed E-state index contributed by atoms with van der Waals surface area (Å²) in [5.74, 6) is 0.486. The maximum Gasteiger partial charge on any atom is 0.229 e. The van der Waals surface area contributed by atoms with Gasteiger partial charge in [-0.1, -0.05) is 5.16 Å². The minimum absolute atomic E-state index is 0.0269. The highest BCUT2D eigenvalue weighted by Crippen LogP contribution is 2.17. The maximum atomic E-state index is 12.0. The van der Waals surface area contributed by atoms with Gasteiger partial charge in [-0.3, -0.25) is 9.59 Å². The van der Waals surface area contributed by atoms with Crippen molar-refractivity contribution in [1.29, 1.82) is 0 Å². The van der Waals surface area contributed by atoms with Gasteiger partial charge in [0.2, 0.25) is 17.7 Å². The highest BCUT2D eigenvalue weighted by atomic mass is 16.5. The molecule has 0 saturated carbocycles. The molecule has 1 aromatic heterocycles. The number of amides is 2. The zero-order valence-corrected chi connectivity index (χ0v) is 12.3. The van der Waals surface area contributed by atoms with Crippen molar-refractivity contribution in [1.82, 2.24) is 20.4 Å². The summed E-state index contributed by atoms with van der Waals surface area (Å²) in [6, 6.07) is 0. The van der Waals surface area contributed by atoms with Crippen LogP contribution in [-0.2, 0) is 27.3 Å². The van der Waals surface area contributed by atoms with Crippen molar-refractivity contribution in [2.24, 2.45) is 5.92 Å². The van der Waals surface area contributed by atoms with Crippen LogP contribution >= 0.6 is 0 Å². The van der Waals surface area contributed by atoms with E-state index in [1.54, 1.807) is 12.0 Å². The number of rotatable bonds is 7. The average Bonchev–Trinajstić information content (AvgIpc) is 3.08. The smallest absolute Gasteiger partial charge is 0.229 e. The molecule has 1 aliphatic rings. The molecule has 1 saturated heterocycles. The normalized spacial score (nSPS) is 18.3. The Kier molecular flexibility index (Phi) is 5.26. The Labute approximate surface area is 122 Å². The molecule has 0 bridgehead atoms. The van der Waals surface area contributed by atoms with Crippen LogP contribution in [-0.4, -0.2) is 53.7 Å². The molecular formula is C13H20N4O4. The topological polar surface area (TPSA) is 97.6 Å². The molecule has 2 heterocycles. The number of aromatic nitrogens is 2. The number of methoxy groups -OCH3 is 1. The Morgan fingerprint density at radius 1 is 1.57 bits per heavy atom. The predicted molar refractivity (Wildman–Crippen MR) is 72.1 cm³/mol. The van der Waals surface area contributed by atoms with E-state index in [0.717, 1.165) is 0 Å². The van der Waals surface area contributed by atoms with E-state index in [4.69, 9.17) is 9.26 Å². The van der Waals surface area contributed by atoms with Crippen LogP contribution in [0.2, 0.25) is 0 Å². The third-order valence-corrected chi connectivity index (χ3v) is 3.42. The monoisotopic (exact) mass is 296 g/mol. The van der Waals surface area contributed by atoms with Gasteiger partial charge in [-0.15, -0.1) is 0 Å². The van der Waals surface area contributed by atoms with Crippen molar-refractivity contribution in [3.05, 3.63) is 11.7 Å². The number of carbonyl (C=O) groups excluding carboxylic acids is 2. The molecule has 8 nitrogen and oxygen atoms in total. The van der Waals surface area contributed by atoms with Crippen molar-refractivity contribution in [2.75, 3.05) is 26.8 Å². The van der Waals surface area contributed by atoms with Crippen molar-refractivity contribution in [3.8, 4) is 0 Å². The lowest BCUT2D eigenvalue weighted by atomic mass is 10.1. The molecule has 1 N–H and O–H groups in total. The van der Waals surface area contributed by atoms with Crippen LogP contribution < -0.4 is 5.32 Å². The second-order valence-electron chi connectivity index (χ2n) is 4.90. The van der Waals surface area contributed by atoms with Crippen LogP contribution in [0.5, 0.6) is 0 Å². The molecule has 1 aliphatic heterocycles. The van der Waals surface area contributed by atoms with Gasteiger partial charge in [0, 0.05) is 26.6 Å². The summed E-state index contributed by atoms with van der Waals surface area (Å²) < 4.78 is 9.94. The van der Waals surface area contributed by atoms with Gasteiger partial charge in [-0.05, 0) is 6.92 Å². The standard InChI is InChI=1S/C13H20N4O4/c1-3-17-8-9(6-12(17)18)13(19)14-7-10-15-11(21-16-10)4-5-20-2/h9H,3-8H2,1-2H3,(H,14,19)/t9-/m1/s1. The van der Waals surface area contributed by atoms with E-state index >= 15 is 0 Å². The lowest BCUT2D eigenvalue weighted by Gasteiger charge is -2.13. The molecule has 1 atom stereocenters. The molecule has 0 unspecified atom stereocenters. The molecule has 116 valence electrons. The third-order valence-electron chi connectivity index (χ3n) is 3.42. The van der Waals surface area contributed by atoms with E-state index in [-0.39, 0.29) is 30.7 Å². The lowest BCUT2D eigenvalue weighted by Crippen LogP contribution is -2.32. The van der Waals surface area contributed by atoms with Crippen LogP contribution in [0.25, 0.3) is 0 Å². The lowest BCUT2D eigenvalue weighted by molar-refractivity contribution is -0.128. The number of nitrogens with one attached hydrogen (secondary N) is 1. The summed E-state index contributed by atoms with van der Waals surface area (Å²) in [4.78, 5) is 29.4. The quantitative estimate of drug-likeness (QED) is 0.744. The van der Waals surface area contributed by atoms with Crippen molar-refractivity contribution < 1.29 is 18.8 Å². The number of likely N-dealkylation sites (tertiary alicyclic amines) is 1. The van der Waals surface area contributed by atoms with Crippen LogP contribution in [0.1, 0.15) is 25.1 Å². The zero-order valence-electron chi connectivity index (χ0n) is 12.3. The Bertz CT molecular complexity index is 502. The van der Waals surface area contributed by atoms with Crippen molar-refractivity contribution >= 4 is 11.8 Å². The number of ether oxygens (including phenoxy) is 1. The van der Waals surface area contributed by atoms with E-state index < -0.39 is 0 Å².